The van der Waals surface area contributed by atoms with E-state index in [2.05, 4.69) is 52.3 Å². The number of hydrogen-bond donors (Lipinski definition) is 1. The number of nitrogens with one attached hydrogen (secondary N) is 1. The summed E-state index contributed by atoms with van der Waals surface area (Å²) in [5.41, 5.74) is 1.76. The molecular weight excluding hydrogens is 508 g/mol. The molecule has 2 aromatic rings. The predicted molar refractivity (Wildman–Crippen MR) is 159 cm³/mol. The lowest BCUT2D eigenvalue weighted by atomic mass is 10.1. The van der Waals surface area contributed by atoms with Gasteiger partial charge in [-0.05, 0) is 35.7 Å². The SMILES string of the molecule is C=CC[C@@H](CN(C(=O)OCc1ccccc1)[C@H](C=C)CO[Si](C)(C)C(C)(C)C)NC(=O)OCc1ccccc1. The van der Waals surface area contributed by atoms with Crippen LogP contribution in [0.15, 0.2) is 86.0 Å². The van der Waals surface area contributed by atoms with E-state index in [4.69, 9.17) is 13.9 Å². The first-order valence-corrected chi connectivity index (χ1v) is 16.2. The minimum absolute atomic E-state index is 0.00676. The second-order valence-corrected chi connectivity index (χ2v) is 15.8. The van der Waals surface area contributed by atoms with Crippen LogP contribution in [0.5, 0.6) is 0 Å². The Kier molecular flexibility index (Phi) is 12.5. The predicted octanol–water partition coefficient (Wildman–Crippen LogP) is 7.07. The number of rotatable bonds is 14. The largest absolute Gasteiger partial charge is 0.445 e. The van der Waals surface area contributed by atoms with Crippen LogP contribution in [0.1, 0.15) is 38.3 Å². The van der Waals surface area contributed by atoms with E-state index in [-0.39, 0.29) is 31.4 Å². The van der Waals surface area contributed by atoms with E-state index in [1.54, 1.807) is 17.1 Å². The zero-order chi connectivity index (χ0) is 28.9. The minimum atomic E-state index is -2.09. The van der Waals surface area contributed by atoms with Crippen LogP contribution in [0.2, 0.25) is 18.1 Å². The van der Waals surface area contributed by atoms with E-state index < -0.39 is 32.6 Å². The Balaban J connectivity index is 2.17. The molecule has 0 fully saturated rings. The van der Waals surface area contributed by atoms with Crippen molar-refractivity contribution in [3.8, 4) is 0 Å². The first-order chi connectivity index (χ1) is 18.5. The van der Waals surface area contributed by atoms with E-state index >= 15 is 0 Å². The summed E-state index contributed by atoms with van der Waals surface area (Å²) in [6.07, 6.45) is 2.72. The second-order valence-electron chi connectivity index (χ2n) is 11.0. The van der Waals surface area contributed by atoms with Gasteiger partial charge in [-0.15, -0.1) is 13.2 Å². The third kappa shape index (κ3) is 10.7. The molecule has 8 heteroatoms. The van der Waals surface area contributed by atoms with E-state index in [1.807, 2.05) is 60.7 Å². The van der Waals surface area contributed by atoms with Crippen molar-refractivity contribution < 1.29 is 23.5 Å². The van der Waals surface area contributed by atoms with Gasteiger partial charge in [0.2, 0.25) is 0 Å². The van der Waals surface area contributed by atoms with Crippen molar-refractivity contribution in [1.29, 1.82) is 0 Å². The van der Waals surface area contributed by atoms with E-state index in [9.17, 15) is 9.59 Å². The van der Waals surface area contributed by atoms with Gasteiger partial charge in [-0.1, -0.05) is 93.6 Å². The molecule has 0 aliphatic carbocycles. The van der Waals surface area contributed by atoms with Crippen LogP contribution in [-0.2, 0) is 27.1 Å². The van der Waals surface area contributed by atoms with Crippen molar-refractivity contribution in [2.45, 2.75) is 70.6 Å². The third-order valence-electron chi connectivity index (χ3n) is 6.94. The Morgan fingerprint density at radius 2 is 1.49 bits per heavy atom. The average Bonchev–Trinajstić information content (AvgIpc) is 2.90. The van der Waals surface area contributed by atoms with Crippen molar-refractivity contribution in [3.63, 3.8) is 0 Å². The fourth-order valence-corrected chi connectivity index (χ4v) is 4.51. The number of amides is 2. The van der Waals surface area contributed by atoms with Crippen LogP contribution in [0.4, 0.5) is 9.59 Å². The number of benzene rings is 2. The molecule has 2 atom stereocenters. The summed E-state index contributed by atoms with van der Waals surface area (Å²) in [4.78, 5) is 27.6. The number of alkyl carbamates (subject to hydrolysis) is 1. The first-order valence-electron chi connectivity index (χ1n) is 13.3. The molecule has 0 saturated carbocycles. The molecule has 0 spiro atoms. The summed E-state index contributed by atoms with van der Waals surface area (Å²) >= 11 is 0. The summed E-state index contributed by atoms with van der Waals surface area (Å²) < 4.78 is 17.5. The number of carbonyl (C=O) groups excluding carboxylic acids is 2. The second kappa shape index (κ2) is 15.3. The zero-order valence-electron chi connectivity index (χ0n) is 24.0. The lowest BCUT2D eigenvalue weighted by molar-refractivity contribution is 0.0704. The monoisotopic (exact) mass is 552 g/mol. The number of nitrogens with zero attached hydrogens (tertiary/aromatic N) is 1. The van der Waals surface area contributed by atoms with Crippen LogP contribution in [-0.4, -0.2) is 50.6 Å². The Morgan fingerprint density at radius 1 is 0.949 bits per heavy atom. The summed E-state index contributed by atoms with van der Waals surface area (Å²) in [7, 11) is -2.09. The lowest BCUT2D eigenvalue weighted by Crippen LogP contribution is -2.52. The van der Waals surface area contributed by atoms with Gasteiger partial charge in [-0.25, -0.2) is 9.59 Å². The fourth-order valence-electron chi connectivity index (χ4n) is 3.49. The molecule has 0 aliphatic rings. The summed E-state index contributed by atoms with van der Waals surface area (Å²) in [5, 5.41) is 2.88. The summed E-state index contributed by atoms with van der Waals surface area (Å²) in [6, 6.07) is 18.0. The molecule has 0 saturated heterocycles. The number of ether oxygens (including phenoxy) is 2. The van der Waals surface area contributed by atoms with E-state index in [1.165, 1.54) is 0 Å². The minimum Gasteiger partial charge on any atom is -0.445 e. The maximum atomic E-state index is 13.4. The molecule has 7 nitrogen and oxygen atoms in total. The van der Waals surface area contributed by atoms with Gasteiger partial charge >= 0.3 is 12.2 Å². The van der Waals surface area contributed by atoms with Crippen molar-refractivity contribution in [2.24, 2.45) is 0 Å². The fraction of sp³-hybridized carbons (Fsp3) is 0.419. The molecule has 0 radical (unpaired) electrons. The molecule has 2 amide bonds. The van der Waals surface area contributed by atoms with Crippen LogP contribution < -0.4 is 5.32 Å². The average molecular weight is 553 g/mol. The molecule has 0 unspecified atom stereocenters. The molecule has 0 aliphatic heterocycles. The molecular formula is C31H44N2O5Si. The molecule has 212 valence electrons. The Hall–Kier alpha value is -3.36. The van der Waals surface area contributed by atoms with Crippen LogP contribution in [0, 0.1) is 0 Å². The van der Waals surface area contributed by atoms with Crippen LogP contribution in [0.25, 0.3) is 0 Å². The first kappa shape index (κ1) is 31.9. The highest BCUT2D eigenvalue weighted by atomic mass is 28.4. The molecule has 2 aromatic carbocycles. The van der Waals surface area contributed by atoms with E-state index in [0.717, 1.165) is 11.1 Å². The van der Waals surface area contributed by atoms with Gasteiger partial charge in [0.1, 0.15) is 13.2 Å². The van der Waals surface area contributed by atoms with Gasteiger partial charge < -0.3 is 19.2 Å². The van der Waals surface area contributed by atoms with Gasteiger partial charge in [0, 0.05) is 6.54 Å². The smallest absolute Gasteiger partial charge is 0.410 e. The Bertz CT molecular complexity index is 1050. The molecule has 0 bridgehead atoms. The van der Waals surface area contributed by atoms with Crippen molar-refractivity contribution in [1.82, 2.24) is 10.2 Å². The summed E-state index contributed by atoms with van der Waals surface area (Å²) in [6.45, 7) is 19.3. The van der Waals surface area contributed by atoms with Gasteiger partial charge in [0.05, 0.1) is 18.7 Å². The number of carbonyl (C=O) groups is 2. The number of hydrogen-bond acceptors (Lipinski definition) is 5. The zero-order valence-corrected chi connectivity index (χ0v) is 25.0. The lowest BCUT2D eigenvalue weighted by Gasteiger charge is -2.39. The van der Waals surface area contributed by atoms with Gasteiger partial charge in [0.15, 0.2) is 8.32 Å². The maximum Gasteiger partial charge on any atom is 0.410 e. The van der Waals surface area contributed by atoms with Crippen molar-refractivity contribution in [3.05, 3.63) is 97.1 Å². The third-order valence-corrected chi connectivity index (χ3v) is 11.4. The molecule has 1 N–H and O–H groups in total. The van der Waals surface area contributed by atoms with Gasteiger partial charge in [-0.3, -0.25) is 4.90 Å². The quantitative estimate of drug-likeness (QED) is 0.200. The van der Waals surface area contributed by atoms with Crippen LogP contribution in [0.3, 0.4) is 0 Å². The molecule has 0 aromatic heterocycles. The highest BCUT2D eigenvalue weighted by Gasteiger charge is 2.38. The standard InChI is InChI=1S/C31H44N2O5Si/c1-8-16-27(32-29(34)36-22-25-17-12-10-13-18-25)21-33(30(35)37-23-26-19-14-11-15-20-26)28(9-2)24-38-39(6,7)31(3,4)5/h8-15,17-20,27-28H,1-2,16,21-24H2,3-7H3,(H,32,34)/t27-,28+/m0/s1. The normalized spacial score (nSPS) is 13.1. The van der Waals surface area contributed by atoms with Crippen molar-refractivity contribution >= 4 is 20.5 Å². The van der Waals surface area contributed by atoms with Gasteiger partial charge in [-0.2, -0.15) is 0 Å². The maximum absolute atomic E-state index is 13.4. The topological polar surface area (TPSA) is 77.1 Å². The van der Waals surface area contributed by atoms with Crippen molar-refractivity contribution in [2.75, 3.05) is 13.2 Å². The van der Waals surface area contributed by atoms with E-state index in [0.29, 0.717) is 6.42 Å². The summed E-state index contributed by atoms with van der Waals surface area (Å²) in [5.74, 6) is 0. The Morgan fingerprint density at radius 3 is 1.97 bits per heavy atom. The van der Waals surface area contributed by atoms with Gasteiger partial charge in [0.25, 0.3) is 0 Å². The Labute approximate surface area is 235 Å². The molecule has 2 rings (SSSR count). The van der Waals surface area contributed by atoms with Crippen LogP contribution >= 0.6 is 0 Å². The molecule has 0 heterocycles. The highest BCUT2D eigenvalue weighted by Crippen LogP contribution is 2.36. The highest BCUT2D eigenvalue weighted by molar-refractivity contribution is 6.74. The molecule has 39 heavy (non-hydrogen) atoms.